The molecule has 0 amide bonds. The van der Waals surface area contributed by atoms with Gasteiger partial charge < -0.3 is 10.5 Å². The molecule has 2 N–H and O–H groups in total. The van der Waals surface area contributed by atoms with Gasteiger partial charge in [0.2, 0.25) is 0 Å². The van der Waals surface area contributed by atoms with Crippen molar-refractivity contribution in [2.45, 2.75) is 39.2 Å². The van der Waals surface area contributed by atoms with Gasteiger partial charge in [-0.3, -0.25) is 4.98 Å². The molecule has 3 rings (SSSR count). The summed E-state index contributed by atoms with van der Waals surface area (Å²) in [5.41, 5.74) is 7.65. The highest BCUT2D eigenvalue weighted by Crippen LogP contribution is 2.37. The number of halogens is 1. The minimum atomic E-state index is 0.253. The molecule has 0 bridgehead atoms. The van der Waals surface area contributed by atoms with Crippen LogP contribution in [-0.4, -0.2) is 11.1 Å². The molecule has 1 aromatic heterocycles. The van der Waals surface area contributed by atoms with E-state index in [0.717, 1.165) is 39.9 Å². The van der Waals surface area contributed by atoms with Gasteiger partial charge in [-0.15, -0.1) is 0 Å². The van der Waals surface area contributed by atoms with Gasteiger partial charge in [0, 0.05) is 9.86 Å². The lowest BCUT2D eigenvalue weighted by Crippen LogP contribution is -2.29. The maximum atomic E-state index is 6.29. The number of nitrogens with zero attached hydrogens (tertiary/aromatic N) is 1. The monoisotopic (exact) mass is 348 g/mol. The molecule has 0 aliphatic heterocycles. The van der Waals surface area contributed by atoms with Gasteiger partial charge in [0.25, 0.3) is 0 Å². The highest BCUT2D eigenvalue weighted by atomic mass is 79.9. The Morgan fingerprint density at radius 2 is 2.05 bits per heavy atom. The van der Waals surface area contributed by atoms with E-state index in [9.17, 15) is 0 Å². The Morgan fingerprint density at radius 3 is 2.81 bits per heavy atom. The summed E-state index contributed by atoms with van der Waals surface area (Å²) < 4.78 is 7.30. The van der Waals surface area contributed by atoms with Crippen LogP contribution in [-0.2, 0) is 0 Å². The van der Waals surface area contributed by atoms with Gasteiger partial charge in [0.15, 0.2) is 5.75 Å². The summed E-state index contributed by atoms with van der Waals surface area (Å²) in [5.74, 6) is 2.27. The second-order valence-electron chi connectivity index (χ2n) is 6.21. The molecule has 1 heterocycles. The molecule has 3 atom stereocenters. The molecule has 0 spiro atoms. The largest absolute Gasteiger partial charge is 0.487 e. The molecule has 4 heteroatoms. The fraction of sp³-hybridized carbons (Fsp3) is 0.471. The number of benzene rings is 1. The Hall–Kier alpha value is -1.29. The highest BCUT2D eigenvalue weighted by Gasteiger charge is 2.26. The zero-order chi connectivity index (χ0) is 15.0. The predicted molar refractivity (Wildman–Crippen MR) is 90.5 cm³/mol. The van der Waals surface area contributed by atoms with Crippen LogP contribution in [0.4, 0.5) is 5.69 Å². The number of hydrogen-bond acceptors (Lipinski definition) is 3. The normalized spacial score (nSPS) is 26.0. The third kappa shape index (κ3) is 3.00. The fourth-order valence-corrected chi connectivity index (χ4v) is 3.42. The molecule has 112 valence electrons. The van der Waals surface area contributed by atoms with Crippen molar-refractivity contribution in [1.29, 1.82) is 0 Å². The van der Waals surface area contributed by atoms with Crippen LogP contribution in [0.15, 0.2) is 28.9 Å². The Bertz CT molecular complexity index is 653. The zero-order valence-electron chi connectivity index (χ0n) is 12.5. The Balaban J connectivity index is 1.93. The first kappa shape index (κ1) is 14.6. The Labute approximate surface area is 134 Å². The molecule has 1 aliphatic rings. The molecule has 1 fully saturated rings. The van der Waals surface area contributed by atoms with E-state index in [0.29, 0.717) is 11.6 Å². The van der Waals surface area contributed by atoms with Gasteiger partial charge in [0.1, 0.15) is 0 Å². The summed E-state index contributed by atoms with van der Waals surface area (Å²) in [5, 5.41) is 0.982. The number of rotatable bonds is 2. The van der Waals surface area contributed by atoms with Crippen LogP contribution in [0.25, 0.3) is 10.9 Å². The van der Waals surface area contributed by atoms with Gasteiger partial charge in [-0.2, -0.15) is 0 Å². The molecular weight excluding hydrogens is 328 g/mol. The van der Waals surface area contributed by atoms with Gasteiger partial charge >= 0.3 is 0 Å². The quantitative estimate of drug-likeness (QED) is 0.849. The van der Waals surface area contributed by atoms with Gasteiger partial charge in [0.05, 0.1) is 23.5 Å². The third-order valence-corrected chi connectivity index (χ3v) is 5.14. The third-order valence-electron chi connectivity index (χ3n) is 4.64. The summed E-state index contributed by atoms with van der Waals surface area (Å²) in [6.45, 7) is 4.64. The molecule has 21 heavy (non-hydrogen) atoms. The number of nitrogen functional groups attached to an aromatic ring is 1. The van der Waals surface area contributed by atoms with Crippen LogP contribution < -0.4 is 10.5 Å². The van der Waals surface area contributed by atoms with Crippen molar-refractivity contribution in [2.24, 2.45) is 11.8 Å². The van der Waals surface area contributed by atoms with E-state index < -0.39 is 0 Å². The zero-order valence-corrected chi connectivity index (χ0v) is 14.1. The number of nitrogens with two attached hydrogens (primary N) is 1. The number of hydrogen-bond donors (Lipinski definition) is 1. The molecule has 2 aromatic rings. The van der Waals surface area contributed by atoms with Crippen LogP contribution in [0.2, 0.25) is 0 Å². The molecule has 0 radical (unpaired) electrons. The predicted octanol–water partition coefficient (Wildman–Crippen LogP) is 4.78. The summed E-state index contributed by atoms with van der Waals surface area (Å²) in [6.07, 6.45) is 5.36. The van der Waals surface area contributed by atoms with E-state index in [4.69, 9.17) is 10.5 Å². The van der Waals surface area contributed by atoms with Gasteiger partial charge in [-0.1, -0.05) is 29.8 Å². The fourth-order valence-electron chi connectivity index (χ4n) is 3.06. The first-order valence-electron chi connectivity index (χ1n) is 7.55. The second kappa shape index (κ2) is 5.84. The number of fused-ring (bicyclic) bond motifs is 1. The van der Waals surface area contributed by atoms with Crippen molar-refractivity contribution >= 4 is 32.5 Å². The van der Waals surface area contributed by atoms with E-state index in [1.165, 1.54) is 6.42 Å². The molecule has 1 saturated carbocycles. The number of aromatic nitrogens is 1. The number of pyridine rings is 1. The van der Waals surface area contributed by atoms with Crippen LogP contribution in [0.1, 0.15) is 33.1 Å². The first-order valence-corrected chi connectivity index (χ1v) is 8.34. The maximum absolute atomic E-state index is 6.29. The van der Waals surface area contributed by atoms with Crippen molar-refractivity contribution in [3.8, 4) is 5.75 Å². The lowest BCUT2D eigenvalue weighted by atomic mass is 9.80. The highest BCUT2D eigenvalue weighted by molar-refractivity contribution is 9.10. The second-order valence-corrected chi connectivity index (χ2v) is 7.13. The molecule has 3 unspecified atom stereocenters. The van der Waals surface area contributed by atoms with E-state index in [1.54, 1.807) is 6.20 Å². The van der Waals surface area contributed by atoms with E-state index in [2.05, 4.69) is 34.8 Å². The van der Waals surface area contributed by atoms with Crippen molar-refractivity contribution < 1.29 is 4.74 Å². The first-order chi connectivity index (χ1) is 10.0. The van der Waals surface area contributed by atoms with Crippen molar-refractivity contribution in [2.75, 3.05) is 5.73 Å². The minimum Gasteiger partial charge on any atom is -0.487 e. The van der Waals surface area contributed by atoms with E-state index in [1.807, 2.05) is 18.2 Å². The van der Waals surface area contributed by atoms with Crippen molar-refractivity contribution in [1.82, 2.24) is 4.98 Å². The van der Waals surface area contributed by atoms with Crippen LogP contribution in [0.3, 0.4) is 0 Å². The lowest BCUT2D eigenvalue weighted by molar-refractivity contribution is 0.103. The topological polar surface area (TPSA) is 48.1 Å². The summed E-state index contributed by atoms with van der Waals surface area (Å²) in [4.78, 5) is 4.38. The Kier molecular flexibility index (Phi) is 4.07. The average Bonchev–Trinajstić information content (AvgIpc) is 2.46. The Morgan fingerprint density at radius 1 is 1.24 bits per heavy atom. The minimum absolute atomic E-state index is 0.253. The van der Waals surface area contributed by atoms with Crippen molar-refractivity contribution in [3.63, 3.8) is 0 Å². The lowest BCUT2D eigenvalue weighted by Gasteiger charge is -2.32. The van der Waals surface area contributed by atoms with E-state index in [-0.39, 0.29) is 6.10 Å². The average molecular weight is 349 g/mol. The molecular formula is C17H21BrN2O. The molecule has 1 aromatic carbocycles. The SMILES string of the molecule is CC1CCC(Oc2c(N)cnc3ccc(Br)cc23)CC1C. The number of anilines is 1. The standard InChI is InChI=1S/C17H21BrN2O/c1-10-3-5-13(7-11(10)2)21-17-14-8-12(18)4-6-16(14)20-9-15(17)19/h4,6,8-11,13H,3,5,7,19H2,1-2H3. The van der Waals surface area contributed by atoms with E-state index >= 15 is 0 Å². The summed E-state index contributed by atoms with van der Waals surface area (Å²) in [6, 6.07) is 6.00. The van der Waals surface area contributed by atoms with Crippen LogP contribution >= 0.6 is 15.9 Å². The smallest absolute Gasteiger partial charge is 0.153 e. The summed E-state index contributed by atoms with van der Waals surface area (Å²) >= 11 is 3.51. The molecule has 0 saturated heterocycles. The van der Waals surface area contributed by atoms with Gasteiger partial charge in [-0.25, -0.2) is 0 Å². The maximum Gasteiger partial charge on any atom is 0.153 e. The molecule has 3 nitrogen and oxygen atoms in total. The van der Waals surface area contributed by atoms with Crippen molar-refractivity contribution in [3.05, 3.63) is 28.9 Å². The summed E-state index contributed by atoms with van der Waals surface area (Å²) in [7, 11) is 0. The van der Waals surface area contributed by atoms with Gasteiger partial charge in [-0.05, 0) is 49.3 Å². The molecule has 1 aliphatic carbocycles. The van der Waals surface area contributed by atoms with Crippen LogP contribution in [0, 0.1) is 11.8 Å². The number of ether oxygens (including phenoxy) is 1. The van der Waals surface area contributed by atoms with Crippen LogP contribution in [0.5, 0.6) is 5.75 Å².